The number of hydrogen-bond acceptors (Lipinski definition) is 1. The van der Waals surface area contributed by atoms with E-state index in [0.717, 1.165) is 27.9 Å². The lowest BCUT2D eigenvalue weighted by Crippen LogP contribution is -2.18. The van der Waals surface area contributed by atoms with Crippen molar-refractivity contribution in [1.29, 1.82) is 0 Å². The molecule has 0 fully saturated rings. The molecule has 0 radical (unpaired) electrons. The summed E-state index contributed by atoms with van der Waals surface area (Å²) >= 11 is 9.93. The zero-order valence-corrected chi connectivity index (χ0v) is 14.1. The maximum absolute atomic E-state index is 6.43. The fraction of sp³-hybridized carbons (Fsp3) is 0.294. The van der Waals surface area contributed by atoms with E-state index in [1.54, 1.807) is 0 Å². The summed E-state index contributed by atoms with van der Waals surface area (Å²) in [4.78, 5) is 0. The van der Waals surface area contributed by atoms with Gasteiger partial charge in [-0.15, -0.1) is 0 Å². The largest absolute Gasteiger partial charge is 0.309 e. The standard InChI is InChI=1S/C17H19BrClN/c1-3-6-12-7-4-8-13(11-12)17(20-2)14-9-5-10-15(18)16(14)19/h4-5,7-11,17,20H,3,6H2,1-2H3. The normalized spacial score (nSPS) is 12.4. The highest BCUT2D eigenvalue weighted by Crippen LogP contribution is 2.33. The van der Waals surface area contributed by atoms with Crippen LogP contribution in [0.3, 0.4) is 0 Å². The van der Waals surface area contributed by atoms with Gasteiger partial charge in [-0.2, -0.15) is 0 Å². The molecule has 2 rings (SSSR count). The summed E-state index contributed by atoms with van der Waals surface area (Å²) in [6, 6.07) is 14.9. The molecular weight excluding hydrogens is 334 g/mol. The first-order chi connectivity index (χ1) is 9.67. The molecular formula is C17H19BrClN. The summed E-state index contributed by atoms with van der Waals surface area (Å²) in [6.07, 6.45) is 2.27. The van der Waals surface area contributed by atoms with Crippen LogP contribution in [0.4, 0.5) is 0 Å². The molecule has 2 aromatic rings. The van der Waals surface area contributed by atoms with Gasteiger partial charge in [0.15, 0.2) is 0 Å². The number of nitrogens with one attached hydrogen (secondary N) is 1. The van der Waals surface area contributed by atoms with Gasteiger partial charge in [0.2, 0.25) is 0 Å². The Morgan fingerprint density at radius 2 is 1.95 bits per heavy atom. The van der Waals surface area contributed by atoms with Gasteiger partial charge in [0.05, 0.1) is 11.1 Å². The lowest BCUT2D eigenvalue weighted by Gasteiger charge is -2.20. The summed E-state index contributed by atoms with van der Waals surface area (Å²) in [7, 11) is 1.97. The predicted octanol–water partition coefficient (Wildman–Crippen LogP) is 5.36. The molecule has 0 aliphatic heterocycles. The van der Waals surface area contributed by atoms with Crippen LogP contribution in [-0.4, -0.2) is 7.05 Å². The van der Waals surface area contributed by atoms with Crippen molar-refractivity contribution in [3.05, 3.63) is 68.7 Å². The summed E-state index contributed by atoms with van der Waals surface area (Å²) < 4.78 is 0.932. The van der Waals surface area contributed by atoms with E-state index in [9.17, 15) is 0 Å². The quantitative estimate of drug-likeness (QED) is 0.763. The molecule has 106 valence electrons. The minimum Gasteiger partial charge on any atom is -0.309 e. The van der Waals surface area contributed by atoms with Gasteiger partial charge in [-0.05, 0) is 52.2 Å². The molecule has 1 nitrogen and oxygen atoms in total. The highest BCUT2D eigenvalue weighted by molar-refractivity contribution is 9.10. The highest BCUT2D eigenvalue weighted by atomic mass is 79.9. The van der Waals surface area contributed by atoms with Crippen molar-refractivity contribution >= 4 is 27.5 Å². The van der Waals surface area contributed by atoms with Crippen LogP contribution in [0.5, 0.6) is 0 Å². The van der Waals surface area contributed by atoms with Gasteiger partial charge in [0.1, 0.15) is 0 Å². The van der Waals surface area contributed by atoms with Crippen LogP contribution in [0.15, 0.2) is 46.9 Å². The third-order valence-corrected chi connectivity index (χ3v) is 4.72. The number of hydrogen-bond donors (Lipinski definition) is 1. The molecule has 3 heteroatoms. The van der Waals surface area contributed by atoms with E-state index in [0.29, 0.717) is 0 Å². The maximum Gasteiger partial charge on any atom is 0.0599 e. The Labute approximate surface area is 134 Å². The molecule has 0 aromatic heterocycles. The number of halogens is 2. The Morgan fingerprint density at radius 3 is 2.65 bits per heavy atom. The molecule has 0 bridgehead atoms. The van der Waals surface area contributed by atoms with Gasteiger partial charge in [0.25, 0.3) is 0 Å². The molecule has 0 aliphatic carbocycles. The second-order valence-electron chi connectivity index (χ2n) is 4.86. The van der Waals surface area contributed by atoms with E-state index >= 15 is 0 Å². The van der Waals surface area contributed by atoms with Crippen molar-refractivity contribution in [3.63, 3.8) is 0 Å². The van der Waals surface area contributed by atoms with Crippen molar-refractivity contribution in [3.8, 4) is 0 Å². The Bertz CT molecular complexity index is 583. The van der Waals surface area contributed by atoms with Crippen LogP contribution in [0.25, 0.3) is 0 Å². The minimum absolute atomic E-state index is 0.108. The van der Waals surface area contributed by atoms with Crippen LogP contribution in [0.1, 0.15) is 36.1 Å². The average Bonchev–Trinajstić information content (AvgIpc) is 2.45. The maximum atomic E-state index is 6.43. The Balaban J connectivity index is 2.41. The van der Waals surface area contributed by atoms with Gasteiger partial charge in [-0.1, -0.05) is 61.3 Å². The van der Waals surface area contributed by atoms with Crippen molar-refractivity contribution < 1.29 is 0 Å². The smallest absolute Gasteiger partial charge is 0.0599 e. The molecule has 0 heterocycles. The number of benzene rings is 2. The van der Waals surface area contributed by atoms with Crippen molar-refractivity contribution in [1.82, 2.24) is 5.32 Å². The zero-order chi connectivity index (χ0) is 14.5. The second kappa shape index (κ2) is 7.26. The van der Waals surface area contributed by atoms with Crippen LogP contribution in [0.2, 0.25) is 5.02 Å². The van der Waals surface area contributed by atoms with E-state index in [4.69, 9.17) is 11.6 Å². The van der Waals surface area contributed by atoms with Crippen molar-refractivity contribution in [2.45, 2.75) is 25.8 Å². The lowest BCUT2D eigenvalue weighted by atomic mass is 9.96. The van der Waals surface area contributed by atoms with Crippen LogP contribution in [0, 0.1) is 0 Å². The first kappa shape index (κ1) is 15.6. The van der Waals surface area contributed by atoms with Crippen molar-refractivity contribution in [2.75, 3.05) is 7.05 Å². The summed E-state index contributed by atoms with van der Waals surface area (Å²) in [6.45, 7) is 2.20. The molecule has 1 N–H and O–H groups in total. The van der Waals surface area contributed by atoms with E-state index < -0.39 is 0 Å². The van der Waals surface area contributed by atoms with E-state index in [1.165, 1.54) is 11.1 Å². The molecule has 2 aromatic carbocycles. The number of rotatable bonds is 5. The molecule has 1 unspecified atom stereocenters. The van der Waals surface area contributed by atoms with Gasteiger partial charge in [0, 0.05) is 4.47 Å². The average molecular weight is 353 g/mol. The molecule has 0 amide bonds. The zero-order valence-electron chi connectivity index (χ0n) is 11.8. The SMILES string of the molecule is CCCc1cccc(C(NC)c2cccc(Br)c2Cl)c1. The summed E-state index contributed by atoms with van der Waals surface area (Å²) in [5.74, 6) is 0. The predicted molar refractivity (Wildman–Crippen MR) is 90.5 cm³/mol. The number of aryl methyl sites for hydroxylation is 1. The second-order valence-corrected chi connectivity index (χ2v) is 6.09. The Hall–Kier alpha value is -0.830. The lowest BCUT2D eigenvalue weighted by molar-refractivity contribution is 0.690. The van der Waals surface area contributed by atoms with Gasteiger partial charge < -0.3 is 5.32 Å². The van der Waals surface area contributed by atoms with E-state index in [-0.39, 0.29) is 6.04 Å². The fourth-order valence-corrected chi connectivity index (χ4v) is 3.08. The van der Waals surface area contributed by atoms with E-state index in [1.807, 2.05) is 19.2 Å². The molecule has 0 aliphatic rings. The van der Waals surface area contributed by atoms with E-state index in [2.05, 4.69) is 58.5 Å². The third kappa shape index (κ3) is 3.43. The third-order valence-electron chi connectivity index (χ3n) is 3.40. The van der Waals surface area contributed by atoms with Gasteiger partial charge in [-0.25, -0.2) is 0 Å². The summed E-state index contributed by atoms with van der Waals surface area (Å²) in [5.41, 5.74) is 3.71. The fourth-order valence-electron chi connectivity index (χ4n) is 2.46. The van der Waals surface area contributed by atoms with Crippen LogP contribution < -0.4 is 5.32 Å². The molecule has 1 atom stereocenters. The molecule has 20 heavy (non-hydrogen) atoms. The topological polar surface area (TPSA) is 12.0 Å². The van der Waals surface area contributed by atoms with Crippen molar-refractivity contribution in [2.24, 2.45) is 0 Å². The van der Waals surface area contributed by atoms with Gasteiger partial charge in [-0.3, -0.25) is 0 Å². The molecule has 0 saturated heterocycles. The first-order valence-electron chi connectivity index (χ1n) is 6.87. The minimum atomic E-state index is 0.108. The van der Waals surface area contributed by atoms with Gasteiger partial charge >= 0.3 is 0 Å². The van der Waals surface area contributed by atoms with Crippen LogP contribution in [-0.2, 0) is 6.42 Å². The molecule has 0 spiro atoms. The first-order valence-corrected chi connectivity index (χ1v) is 8.04. The highest BCUT2D eigenvalue weighted by Gasteiger charge is 2.16. The Morgan fingerprint density at radius 1 is 1.20 bits per heavy atom. The Kier molecular flexibility index (Phi) is 5.64. The summed E-state index contributed by atoms with van der Waals surface area (Å²) in [5, 5.41) is 4.14. The molecule has 0 saturated carbocycles. The van der Waals surface area contributed by atoms with Crippen LogP contribution >= 0.6 is 27.5 Å². The monoisotopic (exact) mass is 351 g/mol.